The summed E-state index contributed by atoms with van der Waals surface area (Å²) in [5.41, 5.74) is 0.713. The van der Waals surface area contributed by atoms with Crippen LogP contribution >= 0.6 is 23.1 Å². The van der Waals surface area contributed by atoms with Crippen LogP contribution in [0.25, 0.3) is 0 Å². The van der Waals surface area contributed by atoms with E-state index < -0.39 is 4.92 Å². The topological polar surface area (TPSA) is 73.1 Å². The predicted molar refractivity (Wildman–Crippen MR) is 75.6 cm³/mol. The second kappa shape index (κ2) is 4.96. The molecule has 0 bridgehead atoms. The lowest BCUT2D eigenvalue weighted by molar-refractivity contribution is -0.384. The van der Waals surface area contributed by atoms with Crippen LogP contribution < -0.4 is 0 Å². The Morgan fingerprint density at radius 1 is 1.40 bits per heavy atom. The summed E-state index contributed by atoms with van der Waals surface area (Å²) in [6.07, 6.45) is 3.71. The van der Waals surface area contributed by atoms with Gasteiger partial charge in [-0.15, -0.1) is 0 Å². The van der Waals surface area contributed by atoms with Gasteiger partial charge in [0, 0.05) is 22.6 Å². The highest BCUT2D eigenvalue weighted by atomic mass is 35.5. The average molecular weight is 309 g/mol. The Bertz CT molecular complexity index is 709. The van der Waals surface area contributed by atoms with E-state index in [1.54, 1.807) is 6.20 Å². The molecule has 1 heterocycles. The molecule has 1 fully saturated rings. The highest BCUT2D eigenvalue weighted by molar-refractivity contribution is 7.06. The number of non-ortho nitro benzene ring substituents is 1. The second-order valence-electron chi connectivity index (χ2n) is 4.63. The number of carbonyl (C=O) groups excluding carboxylic acids is 1. The number of benzene rings is 1. The molecule has 3 rings (SSSR count). The molecular weight excluding hydrogens is 300 g/mol. The van der Waals surface area contributed by atoms with Crippen molar-refractivity contribution in [3.63, 3.8) is 0 Å². The number of rotatable bonds is 4. The van der Waals surface area contributed by atoms with Crippen LogP contribution in [0, 0.1) is 10.1 Å². The highest BCUT2D eigenvalue weighted by Crippen LogP contribution is 2.44. The molecule has 0 aliphatic heterocycles. The maximum absolute atomic E-state index is 12.5. The van der Waals surface area contributed by atoms with Crippen LogP contribution in [0.15, 0.2) is 24.4 Å². The maximum Gasteiger partial charge on any atom is 0.270 e. The van der Waals surface area contributed by atoms with Gasteiger partial charge in [-0.05, 0) is 36.4 Å². The van der Waals surface area contributed by atoms with Crippen molar-refractivity contribution in [2.75, 3.05) is 0 Å². The first-order valence-electron chi connectivity index (χ1n) is 6.01. The van der Waals surface area contributed by atoms with E-state index in [1.165, 1.54) is 29.7 Å². The smallest absolute Gasteiger partial charge is 0.270 e. The lowest BCUT2D eigenvalue weighted by Crippen LogP contribution is -2.04. The van der Waals surface area contributed by atoms with Gasteiger partial charge < -0.3 is 0 Å². The number of nitrogens with zero attached hydrogens (tertiary/aromatic N) is 2. The van der Waals surface area contributed by atoms with Crippen molar-refractivity contribution >= 4 is 34.6 Å². The minimum absolute atomic E-state index is 0.0946. The van der Waals surface area contributed by atoms with E-state index in [4.69, 9.17) is 11.6 Å². The Labute approximate surface area is 123 Å². The van der Waals surface area contributed by atoms with Gasteiger partial charge in [0.15, 0.2) is 5.78 Å². The van der Waals surface area contributed by atoms with Gasteiger partial charge in [0.05, 0.1) is 21.7 Å². The van der Waals surface area contributed by atoms with Crippen LogP contribution in [0.3, 0.4) is 0 Å². The summed E-state index contributed by atoms with van der Waals surface area (Å²) in [7, 11) is 0. The zero-order chi connectivity index (χ0) is 14.3. The molecule has 2 aromatic rings. The van der Waals surface area contributed by atoms with Crippen LogP contribution in [0.1, 0.15) is 39.6 Å². The van der Waals surface area contributed by atoms with Crippen molar-refractivity contribution in [2.45, 2.75) is 18.8 Å². The molecule has 0 amide bonds. The zero-order valence-corrected chi connectivity index (χ0v) is 11.8. The van der Waals surface area contributed by atoms with Crippen LogP contribution in [0.5, 0.6) is 0 Å². The number of ketones is 1. The van der Waals surface area contributed by atoms with E-state index in [0.29, 0.717) is 11.5 Å². The third kappa shape index (κ3) is 2.32. The highest BCUT2D eigenvalue weighted by Gasteiger charge is 2.31. The molecule has 1 aromatic carbocycles. The van der Waals surface area contributed by atoms with Gasteiger partial charge in [0.1, 0.15) is 0 Å². The molecule has 1 aromatic heterocycles. The molecule has 0 atom stereocenters. The minimum atomic E-state index is -0.540. The molecule has 102 valence electrons. The molecule has 0 radical (unpaired) electrons. The van der Waals surface area contributed by atoms with E-state index >= 15 is 0 Å². The fourth-order valence-electron chi connectivity index (χ4n) is 2.01. The summed E-state index contributed by atoms with van der Waals surface area (Å²) in [4.78, 5) is 23.6. The van der Waals surface area contributed by atoms with Crippen LogP contribution in [0.2, 0.25) is 5.02 Å². The number of hydrogen-bond donors (Lipinski definition) is 0. The minimum Gasteiger partial charge on any atom is -0.288 e. The first-order valence-corrected chi connectivity index (χ1v) is 7.16. The number of aromatic nitrogens is 1. The van der Waals surface area contributed by atoms with Gasteiger partial charge in [-0.2, -0.15) is 0 Å². The third-order valence-corrected chi connectivity index (χ3v) is 4.47. The predicted octanol–water partition coefficient (Wildman–Crippen LogP) is 3.81. The van der Waals surface area contributed by atoms with Gasteiger partial charge in [-0.3, -0.25) is 14.9 Å². The van der Waals surface area contributed by atoms with Crippen molar-refractivity contribution in [1.29, 1.82) is 0 Å². The van der Waals surface area contributed by atoms with E-state index in [-0.39, 0.29) is 22.1 Å². The number of nitro groups is 1. The summed E-state index contributed by atoms with van der Waals surface area (Å²) in [5.74, 6) is 0.207. The van der Waals surface area contributed by atoms with Crippen LogP contribution in [-0.2, 0) is 0 Å². The van der Waals surface area contributed by atoms with Crippen LogP contribution in [0.4, 0.5) is 5.69 Å². The molecule has 0 saturated heterocycles. The fourth-order valence-corrected chi connectivity index (χ4v) is 3.17. The van der Waals surface area contributed by atoms with Crippen molar-refractivity contribution in [2.24, 2.45) is 0 Å². The number of halogens is 1. The Balaban J connectivity index is 1.98. The summed E-state index contributed by atoms with van der Waals surface area (Å²) < 4.78 is 4.07. The van der Waals surface area contributed by atoms with Crippen molar-refractivity contribution in [1.82, 2.24) is 4.37 Å². The zero-order valence-electron chi connectivity index (χ0n) is 10.2. The van der Waals surface area contributed by atoms with E-state index in [1.807, 2.05) is 0 Å². The average Bonchev–Trinajstić information content (AvgIpc) is 3.15. The van der Waals surface area contributed by atoms with Crippen molar-refractivity contribution in [3.8, 4) is 0 Å². The van der Waals surface area contributed by atoms with Gasteiger partial charge >= 0.3 is 0 Å². The molecule has 1 saturated carbocycles. The maximum atomic E-state index is 12.5. The molecule has 20 heavy (non-hydrogen) atoms. The first-order chi connectivity index (χ1) is 9.58. The molecule has 0 spiro atoms. The van der Waals surface area contributed by atoms with Crippen molar-refractivity contribution < 1.29 is 9.72 Å². The van der Waals surface area contributed by atoms with Gasteiger partial charge in [0.2, 0.25) is 0 Å². The number of carbonyl (C=O) groups is 1. The fraction of sp³-hybridized carbons (Fsp3) is 0.231. The normalized spacial score (nSPS) is 14.2. The molecule has 7 heteroatoms. The summed E-state index contributed by atoms with van der Waals surface area (Å²) >= 11 is 7.33. The molecular formula is C13H9ClN2O3S. The second-order valence-corrected chi connectivity index (χ2v) is 5.87. The molecule has 0 N–H and O–H groups in total. The first kappa shape index (κ1) is 13.2. The monoisotopic (exact) mass is 308 g/mol. The van der Waals surface area contributed by atoms with Gasteiger partial charge in [-0.1, -0.05) is 11.6 Å². The van der Waals surface area contributed by atoms with Gasteiger partial charge in [-0.25, -0.2) is 4.37 Å². The number of hydrogen-bond acceptors (Lipinski definition) is 5. The number of nitro benzene ring substituents is 1. The molecule has 0 unspecified atom stereocenters. The Hall–Kier alpha value is -1.79. The van der Waals surface area contributed by atoms with Gasteiger partial charge in [0.25, 0.3) is 5.69 Å². The van der Waals surface area contributed by atoms with E-state index in [0.717, 1.165) is 17.7 Å². The Morgan fingerprint density at radius 2 is 2.15 bits per heavy atom. The molecule has 1 aliphatic carbocycles. The van der Waals surface area contributed by atoms with Crippen LogP contribution in [-0.4, -0.2) is 15.1 Å². The largest absolute Gasteiger partial charge is 0.288 e. The SMILES string of the molecule is O=C(c1ccc([N+](=O)[O-])cc1Cl)c1cnsc1C1CC1. The molecule has 1 aliphatic rings. The summed E-state index contributed by atoms with van der Waals surface area (Å²) in [6, 6.07) is 3.89. The lowest BCUT2D eigenvalue weighted by Gasteiger charge is -2.03. The lowest BCUT2D eigenvalue weighted by atomic mass is 10.0. The summed E-state index contributed by atoms with van der Waals surface area (Å²) in [5, 5.41) is 10.8. The Morgan fingerprint density at radius 3 is 2.75 bits per heavy atom. The quantitative estimate of drug-likeness (QED) is 0.489. The third-order valence-electron chi connectivity index (χ3n) is 3.20. The van der Waals surface area contributed by atoms with Crippen molar-refractivity contribution in [3.05, 3.63) is 55.5 Å². The Kier molecular flexibility index (Phi) is 3.27. The standard InChI is InChI=1S/C13H9ClN2O3S/c14-11-5-8(16(18)19)3-4-9(11)12(17)10-6-15-20-13(10)7-1-2-7/h3-7H,1-2H2. The molecule has 5 nitrogen and oxygen atoms in total. The van der Waals surface area contributed by atoms with E-state index in [9.17, 15) is 14.9 Å². The summed E-state index contributed by atoms with van der Waals surface area (Å²) in [6.45, 7) is 0. The van der Waals surface area contributed by atoms with E-state index in [2.05, 4.69) is 4.37 Å².